The van der Waals surface area contributed by atoms with E-state index in [9.17, 15) is 0 Å². The molecule has 1 unspecified atom stereocenters. The van der Waals surface area contributed by atoms with Gasteiger partial charge in [-0.05, 0) is 6.92 Å². The Morgan fingerprint density at radius 1 is 1.28 bits per heavy atom. The molecular weight excluding hydrogens is 228 g/mol. The van der Waals surface area contributed by atoms with E-state index < -0.39 is 0 Å². The summed E-state index contributed by atoms with van der Waals surface area (Å²) in [6, 6.07) is -0.230. The van der Waals surface area contributed by atoms with Gasteiger partial charge in [0.2, 0.25) is 0 Å². The highest BCUT2D eigenvalue weighted by Gasteiger charge is 2.15. The van der Waals surface area contributed by atoms with Crippen molar-refractivity contribution in [2.24, 2.45) is 5.73 Å². The second-order valence-electron chi connectivity index (χ2n) is 4.11. The highest BCUT2D eigenvalue weighted by Crippen LogP contribution is 2.22. The normalized spacial score (nSPS) is 13.0. The Kier molecular flexibility index (Phi) is 2.56. The molecule has 18 heavy (non-hydrogen) atoms. The molecule has 3 aromatic rings. The molecule has 2 N–H and O–H groups in total. The molecule has 0 saturated carbocycles. The second kappa shape index (κ2) is 4.23. The molecule has 0 saturated heterocycles. The van der Waals surface area contributed by atoms with Crippen molar-refractivity contribution in [1.29, 1.82) is 0 Å². The van der Waals surface area contributed by atoms with Gasteiger partial charge in [-0.15, -0.1) is 0 Å². The summed E-state index contributed by atoms with van der Waals surface area (Å²) in [4.78, 5) is 4.11. The summed E-state index contributed by atoms with van der Waals surface area (Å²) in [7, 11) is 0. The number of hydrogen-bond donors (Lipinski definition) is 1. The van der Waals surface area contributed by atoms with Crippen molar-refractivity contribution in [1.82, 2.24) is 24.4 Å². The lowest BCUT2D eigenvalue weighted by atomic mass is 10.1. The Morgan fingerprint density at radius 2 is 2.17 bits per heavy atom. The van der Waals surface area contributed by atoms with E-state index in [1.54, 1.807) is 35.5 Å². The first-order valence-corrected chi connectivity index (χ1v) is 5.84. The van der Waals surface area contributed by atoms with Crippen LogP contribution in [0.2, 0.25) is 0 Å². The molecule has 3 rings (SSSR count). The summed E-state index contributed by atoms with van der Waals surface area (Å²) in [6.07, 6.45) is 10.8. The number of hydrogen-bond acceptors (Lipinski definition) is 4. The van der Waals surface area contributed by atoms with Crippen LogP contribution in [0.4, 0.5) is 0 Å². The average molecular weight is 242 g/mol. The zero-order valence-corrected chi connectivity index (χ0v) is 10.1. The van der Waals surface area contributed by atoms with Gasteiger partial charge in [0.25, 0.3) is 0 Å². The van der Waals surface area contributed by atoms with E-state index in [0.717, 1.165) is 23.2 Å². The molecule has 0 bridgehead atoms. The van der Waals surface area contributed by atoms with Gasteiger partial charge in [-0.2, -0.15) is 10.2 Å². The van der Waals surface area contributed by atoms with E-state index in [4.69, 9.17) is 5.73 Å². The predicted molar refractivity (Wildman–Crippen MR) is 66.9 cm³/mol. The van der Waals surface area contributed by atoms with Crippen LogP contribution in [0.25, 0.3) is 5.52 Å². The van der Waals surface area contributed by atoms with E-state index in [1.165, 1.54) is 0 Å². The van der Waals surface area contributed by atoms with Crippen LogP contribution in [-0.2, 0) is 6.54 Å². The third-order valence-electron chi connectivity index (χ3n) is 3.03. The maximum atomic E-state index is 6.26. The molecule has 92 valence electrons. The molecule has 0 aromatic carbocycles. The highest BCUT2D eigenvalue weighted by molar-refractivity contribution is 5.55. The van der Waals surface area contributed by atoms with Gasteiger partial charge in [0.15, 0.2) is 0 Å². The van der Waals surface area contributed by atoms with Crippen LogP contribution in [0.3, 0.4) is 0 Å². The lowest BCUT2D eigenvalue weighted by Crippen LogP contribution is -2.11. The van der Waals surface area contributed by atoms with Crippen molar-refractivity contribution in [2.75, 3.05) is 0 Å². The molecule has 0 radical (unpaired) electrons. The molecular formula is C12H14N6. The third kappa shape index (κ3) is 1.67. The van der Waals surface area contributed by atoms with E-state index in [0.29, 0.717) is 0 Å². The largest absolute Gasteiger partial charge is 0.320 e. The number of nitrogens with two attached hydrogens (primary N) is 1. The van der Waals surface area contributed by atoms with Crippen LogP contribution in [0, 0.1) is 0 Å². The summed E-state index contributed by atoms with van der Waals surface area (Å²) in [6.45, 7) is 2.88. The zero-order chi connectivity index (χ0) is 12.5. The lowest BCUT2D eigenvalue weighted by molar-refractivity contribution is 0.658. The minimum absolute atomic E-state index is 0.230. The van der Waals surface area contributed by atoms with Gasteiger partial charge < -0.3 is 5.73 Å². The van der Waals surface area contributed by atoms with Crippen LogP contribution < -0.4 is 5.73 Å². The Balaban J connectivity index is 2.03. The SMILES string of the molecule is CCn1cc(C(N)c2cnn3ccncc23)cn1. The molecule has 0 amide bonds. The Hall–Kier alpha value is -2.21. The topological polar surface area (TPSA) is 74.0 Å². The van der Waals surface area contributed by atoms with Crippen LogP contribution in [0.1, 0.15) is 24.1 Å². The molecule has 1 atom stereocenters. The first-order chi connectivity index (χ1) is 8.79. The van der Waals surface area contributed by atoms with Crippen LogP contribution in [0.5, 0.6) is 0 Å². The Labute approximate surface area is 104 Å². The second-order valence-corrected chi connectivity index (χ2v) is 4.11. The van der Waals surface area contributed by atoms with Crippen LogP contribution in [-0.4, -0.2) is 24.4 Å². The Bertz CT molecular complexity index is 668. The minimum atomic E-state index is -0.230. The van der Waals surface area contributed by atoms with Crippen LogP contribution >= 0.6 is 0 Å². The van der Waals surface area contributed by atoms with Gasteiger partial charge in [0, 0.05) is 36.3 Å². The van der Waals surface area contributed by atoms with Gasteiger partial charge in [-0.1, -0.05) is 0 Å². The number of aryl methyl sites for hydroxylation is 1. The number of rotatable bonds is 3. The molecule has 6 heteroatoms. The fraction of sp³-hybridized carbons (Fsp3) is 0.250. The fourth-order valence-electron chi connectivity index (χ4n) is 1.99. The first-order valence-electron chi connectivity index (χ1n) is 5.84. The van der Waals surface area contributed by atoms with Crippen molar-refractivity contribution in [2.45, 2.75) is 19.5 Å². The van der Waals surface area contributed by atoms with E-state index in [1.807, 2.05) is 17.8 Å². The van der Waals surface area contributed by atoms with Gasteiger partial charge in [-0.25, -0.2) is 4.52 Å². The van der Waals surface area contributed by atoms with E-state index in [-0.39, 0.29) is 6.04 Å². The van der Waals surface area contributed by atoms with Crippen molar-refractivity contribution in [3.8, 4) is 0 Å². The highest BCUT2D eigenvalue weighted by atomic mass is 15.3. The summed E-state index contributed by atoms with van der Waals surface area (Å²) >= 11 is 0. The van der Waals surface area contributed by atoms with Gasteiger partial charge >= 0.3 is 0 Å². The molecule has 0 spiro atoms. The fourth-order valence-corrected chi connectivity index (χ4v) is 1.99. The summed E-state index contributed by atoms with van der Waals surface area (Å²) in [5, 5.41) is 8.50. The summed E-state index contributed by atoms with van der Waals surface area (Å²) in [5.41, 5.74) is 9.12. The Morgan fingerprint density at radius 3 is 2.94 bits per heavy atom. The quantitative estimate of drug-likeness (QED) is 0.743. The number of nitrogens with zero attached hydrogens (tertiary/aromatic N) is 5. The monoisotopic (exact) mass is 242 g/mol. The maximum Gasteiger partial charge on any atom is 0.0896 e. The smallest absolute Gasteiger partial charge is 0.0896 e. The van der Waals surface area contributed by atoms with Crippen molar-refractivity contribution in [3.05, 3.63) is 48.3 Å². The predicted octanol–water partition coefficient (Wildman–Crippen LogP) is 0.994. The van der Waals surface area contributed by atoms with Gasteiger partial charge in [0.1, 0.15) is 0 Å². The summed E-state index contributed by atoms with van der Waals surface area (Å²) < 4.78 is 3.63. The standard InChI is InChI=1S/C12H14N6/c1-2-17-8-9(5-15-17)12(13)10-6-16-18-4-3-14-7-11(10)18/h3-8,12H,2,13H2,1H3. The van der Waals surface area contributed by atoms with E-state index >= 15 is 0 Å². The van der Waals surface area contributed by atoms with Gasteiger partial charge in [-0.3, -0.25) is 9.67 Å². The molecule has 0 aliphatic carbocycles. The minimum Gasteiger partial charge on any atom is -0.320 e. The first kappa shape index (κ1) is 10.9. The third-order valence-corrected chi connectivity index (χ3v) is 3.03. The number of fused-ring (bicyclic) bond motifs is 1. The zero-order valence-electron chi connectivity index (χ0n) is 10.1. The van der Waals surface area contributed by atoms with E-state index in [2.05, 4.69) is 15.2 Å². The van der Waals surface area contributed by atoms with Gasteiger partial charge in [0.05, 0.1) is 30.1 Å². The van der Waals surface area contributed by atoms with Crippen molar-refractivity contribution >= 4 is 5.52 Å². The molecule has 6 nitrogen and oxygen atoms in total. The lowest BCUT2D eigenvalue weighted by Gasteiger charge is -2.07. The average Bonchev–Trinajstić information content (AvgIpc) is 3.04. The molecule has 0 aliphatic rings. The number of aromatic nitrogens is 5. The molecule has 0 fully saturated rings. The van der Waals surface area contributed by atoms with Crippen molar-refractivity contribution < 1.29 is 0 Å². The molecule has 3 aromatic heterocycles. The molecule has 0 aliphatic heterocycles. The molecule has 3 heterocycles. The summed E-state index contributed by atoms with van der Waals surface area (Å²) in [5.74, 6) is 0. The van der Waals surface area contributed by atoms with Crippen molar-refractivity contribution in [3.63, 3.8) is 0 Å². The van der Waals surface area contributed by atoms with Crippen LogP contribution in [0.15, 0.2) is 37.2 Å². The maximum absolute atomic E-state index is 6.26.